The topological polar surface area (TPSA) is 95.1 Å². The minimum absolute atomic E-state index is 0.152. The Morgan fingerprint density at radius 1 is 0.760 bits per heavy atom. The molecule has 1 fully saturated rings. The molecular weight excluding hydrogens is 631 g/mol. The molecule has 0 spiro atoms. The summed E-state index contributed by atoms with van der Waals surface area (Å²) in [4.78, 5) is 52.9. The number of fused-ring (bicyclic) bond motifs is 1. The van der Waals surface area contributed by atoms with Crippen molar-refractivity contribution < 1.29 is 23.5 Å². The van der Waals surface area contributed by atoms with Gasteiger partial charge in [0.2, 0.25) is 0 Å². The minimum Gasteiger partial charge on any atom is -0.489 e. The van der Waals surface area contributed by atoms with Gasteiger partial charge in [-0.2, -0.15) is 0 Å². The van der Waals surface area contributed by atoms with Crippen molar-refractivity contribution in [2.75, 3.05) is 16.3 Å². The number of carbonyl (C=O) groups excluding carboxylic acids is 3. The molecule has 1 aliphatic heterocycles. The number of nitrogens with one attached hydrogen (secondary N) is 1. The van der Waals surface area contributed by atoms with Gasteiger partial charge >= 0.3 is 6.03 Å². The first-order chi connectivity index (χ1) is 24.4. The maximum Gasteiger partial charge on any atom is 0.342 e. The molecule has 0 radical (unpaired) electrons. The Labute approximate surface area is 288 Å². The number of para-hydroxylation sites is 2. The van der Waals surface area contributed by atoms with Gasteiger partial charge in [0, 0.05) is 23.1 Å². The predicted molar refractivity (Wildman–Crippen MR) is 192 cm³/mol. The molecule has 6 aromatic rings. The van der Waals surface area contributed by atoms with E-state index in [9.17, 15) is 18.8 Å². The molecule has 9 heteroatoms. The van der Waals surface area contributed by atoms with Crippen LogP contribution in [0.25, 0.3) is 10.9 Å². The quantitative estimate of drug-likeness (QED) is 0.118. The zero-order valence-electron chi connectivity index (χ0n) is 27.3. The molecule has 0 atom stereocenters. The summed E-state index contributed by atoms with van der Waals surface area (Å²) in [5.74, 6) is -2.68. The molecule has 1 aliphatic rings. The van der Waals surface area contributed by atoms with Crippen LogP contribution in [0, 0.1) is 18.7 Å². The molecule has 5 aromatic carbocycles. The van der Waals surface area contributed by atoms with Gasteiger partial charge < -0.3 is 9.72 Å². The van der Waals surface area contributed by atoms with E-state index in [4.69, 9.17) is 9.73 Å². The van der Waals surface area contributed by atoms with Crippen molar-refractivity contribution in [3.05, 3.63) is 162 Å². The number of urea groups is 1. The number of hydrogen-bond acceptors (Lipinski definition) is 5. The molecule has 50 heavy (non-hydrogen) atoms. The van der Waals surface area contributed by atoms with Gasteiger partial charge in [0.25, 0.3) is 11.8 Å². The zero-order chi connectivity index (χ0) is 34.6. The van der Waals surface area contributed by atoms with E-state index < -0.39 is 29.6 Å². The lowest BCUT2D eigenvalue weighted by Crippen LogP contribution is -2.62. The number of barbiturate groups is 1. The summed E-state index contributed by atoms with van der Waals surface area (Å²) < 4.78 is 20.2. The normalized spacial score (nSPS) is 14.1. The van der Waals surface area contributed by atoms with Crippen LogP contribution in [0.5, 0.6) is 5.75 Å². The van der Waals surface area contributed by atoms with Gasteiger partial charge in [-0.05, 0) is 84.6 Å². The first kappa shape index (κ1) is 32.2. The number of aliphatic imine (C=N–C) groups is 1. The number of carbonyl (C=O) groups is 3. The molecule has 0 unspecified atom stereocenters. The summed E-state index contributed by atoms with van der Waals surface area (Å²) in [5.41, 5.74) is 5.17. The summed E-state index contributed by atoms with van der Waals surface area (Å²) >= 11 is 0. The van der Waals surface area contributed by atoms with Crippen LogP contribution in [0.3, 0.4) is 0 Å². The Kier molecular flexibility index (Phi) is 9.03. The Balaban J connectivity index is 1.25. The number of ether oxygens (including phenoxy) is 1. The Hall–Kier alpha value is -6.35. The minimum atomic E-state index is -1.47. The van der Waals surface area contributed by atoms with Gasteiger partial charge in [0.05, 0.1) is 17.1 Å². The van der Waals surface area contributed by atoms with Gasteiger partial charge in [-0.15, -0.1) is 0 Å². The zero-order valence-corrected chi connectivity index (χ0v) is 27.3. The first-order valence-corrected chi connectivity index (χ1v) is 16.3. The third-order valence-electron chi connectivity index (χ3n) is 8.74. The van der Waals surface area contributed by atoms with Gasteiger partial charge in [0.1, 0.15) is 18.2 Å². The Morgan fingerprint density at radius 3 is 1.94 bits per heavy atom. The summed E-state index contributed by atoms with van der Waals surface area (Å²) in [6.45, 7) is 2.62. The largest absolute Gasteiger partial charge is 0.489 e. The number of halogens is 1. The monoisotopic (exact) mass is 664 g/mol. The molecule has 7 rings (SSSR count). The summed E-state index contributed by atoms with van der Waals surface area (Å²) in [6.07, 6.45) is 0.470. The van der Waals surface area contributed by atoms with E-state index in [-0.39, 0.29) is 12.3 Å². The van der Waals surface area contributed by atoms with E-state index in [1.54, 1.807) is 60.7 Å². The number of aromatic nitrogens is 1. The van der Waals surface area contributed by atoms with Crippen LogP contribution < -0.4 is 14.5 Å². The summed E-state index contributed by atoms with van der Waals surface area (Å²) in [7, 11) is 0. The lowest BCUT2D eigenvalue weighted by molar-refractivity contribution is -0.129. The van der Waals surface area contributed by atoms with E-state index in [1.165, 1.54) is 24.3 Å². The maximum absolute atomic E-state index is 14.3. The fourth-order valence-electron chi connectivity index (χ4n) is 6.29. The number of H-pyrrole nitrogens is 1. The summed E-state index contributed by atoms with van der Waals surface area (Å²) in [6, 6.07) is 37.5. The fraction of sp³-hybridized carbons (Fsp3) is 0.122. The number of amides is 4. The van der Waals surface area contributed by atoms with E-state index in [0.717, 1.165) is 43.3 Å². The number of rotatable bonds is 10. The number of aromatic amines is 1. The van der Waals surface area contributed by atoms with Gasteiger partial charge in [-0.25, -0.2) is 19.0 Å². The van der Waals surface area contributed by atoms with Crippen molar-refractivity contribution in [2.45, 2.75) is 20.0 Å². The SMILES string of the molecule is Cc1[nH]c2ccc(OCc3ccccc3)cc2c1CCN=C(c1ccc(F)cc1)C1C(=O)N(c2ccccc2)C(=O)N(c2ccccc2)C1=O. The van der Waals surface area contributed by atoms with E-state index in [0.29, 0.717) is 30.0 Å². The van der Waals surface area contributed by atoms with Gasteiger partial charge in [0.15, 0.2) is 5.92 Å². The first-order valence-electron chi connectivity index (χ1n) is 16.3. The average Bonchev–Trinajstić information content (AvgIpc) is 3.45. The Morgan fingerprint density at radius 2 is 1.34 bits per heavy atom. The number of hydrogen-bond donors (Lipinski definition) is 1. The van der Waals surface area contributed by atoms with E-state index in [1.807, 2.05) is 55.5 Å². The standard InChI is InChI=1S/C41H33FN4O4/c1-27-34(35-25-33(21-22-36(35)44-27)50-26-28-11-5-2-6-12-28)23-24-43-38(29-17-19-30(42)20-18-29)37-39(47)45(31-13-7-3-8-14-31)41(49)46(40(37)48)32-15-9-4-10-16-32/h2-22,25,37,44H,23-24,26H2,1H3. The van der Waals surface area contributed by atoms with Crippen LogP contribution in [-0.2, 0) is 22.6 Å². The number of aryl methyl sites for hydroxylation is 1. The smallest absolute Gasteiger partial charge is 0.342 e. The average molecular weight is 665 g/mol. The van der Waals surface area contributed by atoms with Crippen LogP contribution in [0.15, 0.2) is 138 Å². The molecule has 1 N–H and O–H groups in total. The molecule has 248 valence electrons. The number of anilines is 2. The van der Waals surface area contributed by atoms with Crippen molar-refractivity contribution >= 4 is 45.8 Å². The van der Waals surface area contributed by atoms with Crippen molar-refractivity contribution in [1.29, 1.82) is 0 Å². The van der Waals surface area contributed by atoms with Gasteiger partial charge in [-0.3, -0.25) is 14.6 Å². The molecule has 1 aromatic heterocycles. The van der Waals surface area contributed by atoms with Gasteiger partial charge in [-0.1, -0.05) is 78.9 Å². The molecule has 0 saturated carbocycles. The highest BCUT2D eigenvalue weighted by Gasteiger charge is 2.49. The summed E-state index contributed by atoms with van der Waals surface area (Å²) in [5, 5.41) is 0.979. The van der Waals surface area contributed by atoms with Crippen molar-refractivity contribution in [3.8, 4) is 5.75 Å². The van der Waals surface area contributed by atoms with E-state index in [2.05, 4.69) is 4.98 Å². The van der Waals surface area contributed by atoms with Crippen LogP contribution >= 0.6 is 0 Å². The molecular formula is C41H33FN4O4. The van der Waals surface area contributed by atoms with Crippen LogP contribution in [0.2, 0.25) is 0 Å². The highest BCUT2D eigenvalue weighted by atomic mass is 19.1. The molecule has 2 heterocycles. The molecule has 1 saturated heterocycles. The lowest BCUT2D eigenvalue weighted by atomic mass is 9.91. The number of imide groups is 2. The molecule has 4 amide bonds. The molecule has 0 aliphatic carbocycles. The van der Waals surface area contributed by atoms with Crippen LogP contribution in [0.1, 0.15) is 22.4 Å². The number of benzene rings is 5. The second-order valence-corrected chi connectivity index (χ2v) is 12.0. The van der Waals surface area contributed by atoms with E-state index >= 15 is 0 Å². The van der Waals surface area contributed by atoms with Crippen molar-refractivity contribution in [1.82, 2.24) is 4.98 Å². The molecule has 8 nitrogen and oxygen atoms in total. The maximum atomic E-state index is 14.3. The second-order valence-electron chi connectivity index (χ2n) is 12.0. The predicted octanol–water partition coefficient (Wildman–Crippen LogP) is 8.04. The highest BCUT2D eigenvalue weighted by molar-refractivity contribution is 6.43. The van der Waals surface area contributed by atoms with Crippen molar-refractivity contribution in [2.24, 2.45) is 10.9 Å². The third kappa shape index (κ3) is 6.41. The third-order valence-corrected chi connectivity index (χ3v) is 8.74. The lowest BCUT2D eigenvalue weighted by Gasteiger charge is -2.37. The van der Waals surface area contributed by atoms with Crippen LogP contribution in [0.4, 0.5) is 20.6 Å². The molecule has 0 bridgehead atoms. The Bertz CT molecular complexity index is 2140. The second kappa shape index (κ2) is 14.0. The highest BCUT2D eigenvalue weighted by Crippen LogP contribution is 2.32. The number of nitrogens with zero attached hydrogens (tertiary/aromatic N) is 3. The van der Waals surface area contributed by atoms with Crippen LogP contribution in [-0.4, -0.2) is 35.1 Å². The fourth-order valence-corrected chi connectivity index (χ4v) is 6.29. The van der Waals surface area contributed by atoms with Crippen molar-refractivity contribution in [3.63, 3.8) is 0 Å².